The molecule has 1 saturated carbocycles. The van der Waals surface area contributed by atoms with E-state index < -0.39 is 0 Å². The van der Waals surface area contributed by atoms with Crippen LogP contribution < -0.4 is 5.32 Å². The second-order valence-corrected chi connectivity index (χ2v) is 5.06. The van der Waals surface area contributed by atoms with Crippen molar-refractivity contribution in [3.63, 3.8) is 0 Å². The van der Waals surface area contributed by atoms with Crippen LogP contribution in [0.15, 0.2) is 28.7 Å². The van der Waals surface area contributed by atoms with Crippen LogP contribution in [-0.2, 0) is 6.54 Å². The number of hydrogen-bond acceptors (Lipinski definition) is 2. The maximum absolute atomic E-state index is 5.76. The average Bonchev–Trinajstić information content (AvgIpc) is 2.58. The molecule has 1 aromatic carbocycles. The molecule has 1 N–H and O–H groups in total. The predicted molar refractivity (Wildman–Crippen MR) is 70.0 cm³/mol. The zero-order chi connectivity index (χ0) is 11.7. The number of furan rings is 1. The fourth-order valence-electron chi connectivity index (χ4n) is 2.54. The Labute approximate surface area is 102 Å². The number of rotatable bonds is 4. The lowest BCUT2D eigenvalue weighted by Crippen LogP contribution is -2.26. The van der Waals surface area contributed by atoms with Gasteiger partial charge in [0, 0.05) is 17.5 Å². The van der Waals surface area contributed by atoms with E-state index >= 15 is 0 Å². The van der Waals surface area contributed by atoms with Gasteiger partial charge in [-0.3, -0.25) is 0 Å². The van der Waals surface area contributed by atoms with Crippen molar-refractivity contribution in [2.75, 3.05) is 6.54 Å². The van der Waals surface area contributed by atoms with E-state index in [1.165, 1.54) is 30.2 Å². The van der Waals surface area contributed by atoms with Gasteiger partial charge in [-0.1, -0.05) is 24.6 Å². The molecule has 0 saturated heterocycles. The van der Waals surface area contributed by atoms with E-state index in [0.29, 0.717) is 0 Å². The van der Waals surface area contributed by atoms with Crippen molar-refractivity contribution in [3.8, 4) is 0 Å². The third-order valence-corrected chi connectivity index (χ3v) is 3.86. The molecule has 0 radical (unpaired) electrons. The Morgan fingerprint density at radius 1 is 1.29 bits per heavy atom. The van der Waals surface area contributed by atoms with Crippen molar-refractivity contribution in [1.29, 1.82) is 0 Å². The molecule has 1 aliphatic carbocycles. The second kappa shape index (κ2) is 4.53. The summed E-state index contributed by atoms with van der Waals surface area (Å²) < 4.78 is 5.76. The van der Waals surface area contributed by atoms with Gasteiger partial charge < -0.3 is 9.73 Å². The van der Waals surface area contributed by atoms with Crippen LogP contribution in [-0.4, -0.2) is 6.54 Å². The maximum Gasteiger partial charge on any atom is 0.134 e. The molecule has 2 heteroatoms. The van der Waals surface area contributed by atoms with Crippen molar-refractivity contribution >= 4 is 11.0 Å². The number of nitrogens with one attached hydrogen (secondary N) is 1. The normalized spacial score (nSPS) is 16.3. The number of para-hydroxylation sites is 1. The van der Waals surface area contributed by atoms with Crippen LogP contribution in [0.5, 0.6) is 0 Å². The largest absolute Gasteiger partial charge is 0.461 e. The van der Waals surface area contributed by atoms with E-state index in [0.717, 1.165) is 30.4 Å². The smallest absolute Gasteiger partial charge is 0.134 e. The van der Waals surface area contributed by atoms with Gasteiger partial charge in [0.2, 0.25) is 0 Å². The highest BCUT2D eigenvalue weighted by atomic mass is 16.3. The van der Waals surface area contributed by atoms with Crippen molar-refractivity contribution in [2.24, 2.45) is 5.92 Å². The molecule has 0 amide bonds. The van der Waals surface area contributed by atoms with E-state index in [9.17, 15) is 0 Å². The summed E-state index contributed by atoms with van der Waals surface area (Å²) in [6.07, 6.45) is 4.22. The Morgan fingerprint density at radius 2 is 2.12 bits per heavy atom. The quantitative estimate of drug-likeness (QED) is 0.866. The summed E-state index contributed by atoms with van der Waals surface area (Å²) in [4.78, 5) is 0. The molecule has 2 aromatic rings. The summed E-state index contributed by atoms with van der Waals surface area (Å²) >= 11 is 0. The first-order chi connectivity index (χ1) is 8.34. The van der Waals surface area contributed by atoms with E-state index in [1.54, 1.807) is 0 Å². The Hall–Kier alpha value is -1.28. The van der Waals surface area contributed by atoms with Gasteiger partial charge in [-0.25, -0.2) is 0 Å². The molecule has 1 aliphatic rings. The highest BCUT2D eigenvalue weighted by Gasteiger charge is 2.17. The van der Waals surface area contributed by atoms with Gasteiger partial charge in [-0.15, -0.1) is 0 Å². The average molecular weight is 229 g/mol. The fourth-order valence-corrected chi connectivity index (χ4v) is 2.54. The number of fused-ring (bicyclic) bond motifs is 1. The third kappa shape index (κ3) is 2.09. The van der Waals surface area contributed by atoms with Gasteiger partial charge in [0.25, 0.3) is 0 Å². The lowest BCUT2D eigenvalue weighted by molar-refractivity contribution is 0.301. The van der Waals surface area contributed by atoms with E-state index in [2.05, 4.69) is 24.4 Å². The molecule has 1 aromatic heterocycles. The monoisotopic (exact) mass is 229 g/mol. The fraction of sp³-hybridized carbons (Fsp3) is 0.467. The van der Waals surface area contributed by atoms with Crippen LogP contribution in [0.25, 0.3) is 11.0 Å². The highest BCUT2D eigenvalue weighted by Crippen LogP contribution is 2.27. The minimum Gasteiger partial charge on any atom is -0.461 e. The van der Waals surface area contributed by atoms with E-state index in [-0.39, 0.29) is 0 Å². The zero-order valence-corrected chi connectivity index (χ0v) is 10.3. The predicted octanol–water partition coefficient (Wildman–Crippen LogP) is 3.63. The molecule has 0 atom stereocenters. The molecular weight excluding hydrogens is 210 g/mol. The molecule has 1 heterocycles. The molecular formula is C15H19NO. The lowest BCUT2D eigenvalue weighted by Gasteiger charge is -2.25. The van der Waals surface area contributed by atoms with Crippen LogP contribution in [0.1, 0.15) is 30.6 Å². The van der Waals surface area contributed by atoms with Crippen molar-refractivity contribution < 1.29 is 4.42 Å². The molecule has 0 aliphatic heterocycles. The summed E-state index contributed by atoms with van der Waals surface area (Å²) in [5, 5.41) is 4.82. The van der Waals surface area contributed by atoms with Crippen molar-refractivity contribution in [3.05, 3.63) is 35.6 Å². The first-order valence-corrected chi connectivity index (χ1v) is 6.52. The summed E-state index contributed by atoms with van der Waals surface area (Å²) in [5.74, 6) is 1.96. The van der Waals surface area contributed by atoms with Gasteiger partial charge >= 0.3 is 0 Å². The Kier molecular flexibility index (Phi) is 2.89. The van der Waals surface area contributed by atoms with Gasteiger partial charge in [0.1, 0.15) is 11.3 Å². The Balaban J connectivity index is 1.72. The van der Waals surface area contributed by atoms with Crippen LogP contribution in [0, 0.1) is 12.8 Å². The topological polar surface area (TPSA) is 25.2 Å². The Morgan fingerprint density at radius 3 is 2.88 bits per heavy atom. The van der Waals surface area contributed by atoms with Gasteiger partial charge in [-0.2, -0.15) is 0 Å². The minimum atomic E-state index is 0.911. The van der Waals surface area contributed by atoms with Gasteiger partial charge in [-0.05, 0) is 38.3 Å². The first kappa shape index (κ1) is 10.8. The third-order valence-electron chi connectivity index (χ3n) is 3.86. The second-order valence-electron chi connectivity index (χ2n) is 5.06. The molecule has 17 heavy (non-hydrogen) atoms. The van der Waals surface area contributed by atoms with Crippen LogP contribution >= 0.6 is 0 Å². The molecule has 0 bridgehead atoms. The van der Waals surface area contributed by atoms with Crippen molar-refractivity contribution in [2.45, 2.75) is 32.7 Å². The SMILES string of the molecule is Cc1oc2ccccc2c1CNCC1CCC1. The van der Waals surface area contributed by atoms with Crippen LogP contribution in [0.2, 0.25) is 0 Å². The van der Waals surface area contributed by atoms with Crippen molar-refractivity contribution in [1.82, 2.24) is 5.32 Å². The highest BCUT2D eigenvalue weighted by molar-refractivity contribution is 5.82. The molecule has 2 nitrogen and oxygen atoms in total. The number of hydrogen-bond donors (Lipinski definition) is 1. The summed E-state index contributed by atoms with van der Waals surface area (Å²) in [6, 6.07) is 8.29. The molecule has 1 fully saturated rings. The number of benzene rings is 1. The minimum absolute atomic E-state index is 0.911. The van der Waals surface area contributed by atoms with Crippen LogP contribution in [0.4, 0.5) is 0 Å². The summed E-state index contributed by atoms with van der Waals surface area (Å²) in [5.41, 5.74) is 2.32. The summed E-state index contributed by atoms with van der Waals surface area (Å²) in [7, 11) is 0. The lowest BCUT2D eigenvalue weighted by atomic mass is 9.85. The maximum atomic E-state index is 5.76. The van der Waals surface area contributed by atoms with E-state index in [4.69, 9.17) is 4.42 Å². The molecule has 0 spiro atoms. The first-order valence-electron chi connectivity index (χ1n) is 6.52. The standard InChI is InChI=1S/C15H19NO/c1-11-14(10-16-9-12-5-4-6-12)13-7-2-3-8-15(13)17-11/h2-3,7-8,12,16H,4-6,9-10H2,1H3. The molecule has 0 unspecified atom stereocenters. The van der Waals surface area contributed by atoms with E-state index in [1.807, 2.05) is 12.1 Å². The van der Waals surface area contributed by atoms with Crippen LogP contribution in [0.3, 0.4) is 0 Å². The molecule has 90 valence electrons. The Bertz CT molecular complexity index is 511. The van der Waals surface area contributed by atoms with Gasteiger partial charge in [0.15, 0.2) is 0 Å². The zero-order valence-electron chi connectivity index (χ0n) is 10.3. The summed E-state index contributed by atoms with van der Waals surface area (Å²) in [6.45, 7) is 4.14. The molecule has 3 rings (SSSR count). The number of aryl methyl sites for hydroxylation is 1. The van der Waals surface area contributed by atoms with Gasteiger partial charge in [0.05, 0.1) is 0 Å².